The SMILES string of the molecule is O=C(NCCF)c1cccc(-c2ccc([C@@H](O)CN3CCOCC3)cc2)c1. The van der Waals surface area contributed by atoms with Gasteiger partial charge in [0.15, 0.2) is 0 Å². The van der Waals surface area contributed by atoms with Crippen LogP contribution in [0.5, 0.6) is 0 Å². The maximum atomic E-state index is 12.2. The highest BCUT2D eigenvalue weighted by Crippen LogP contribution is 2.23. The molecule has 144 valence electrons. The molecule has 0 aliphatic carbocycles. The Morgan fingerprint density at radius 3 is 2.59 bits per heavy atom. The number of carbonyl (C=O) groups excluding carboxylic acids is 1. The first-order chi connectivity index (χ1) is 13.2. The summed E-state index contributed by atoms with van der Waals surface area (Å²) in [5.41, 5.74) is 3.22. The second-order valence-electron chi connectivity index (χ2n) is 6.58. The zero-order valence-electron chi connectivity index (χ0n) is 15.2. The van der Waals surface area contributed by atoms with Crippen molar-refractivity contribution in [2.24, 2.45) is 0 Å². The molecular weight excluding hydrogens is 347 g/mol. The number of ether oxygens (including phenoxy) is 1. The van der Waals surface area contributed by atoms with Gasteiger partial charge in [0.2, 0.25) is 0 Å². The van der Waals surface area contributed by atoms with E-state index in [1.54, 1.807) is 18.2 Å². The van der Waals surface area contributed by atoms with Crippen LogP contribution in [0.1, 0.15) is 22.0 Å². The monoisotopic (exact) mass is 372 g/mol. The Bertz CT molecular complexity index is 745. The minimum Gasteiger partial charge on any atom is -0.387 e. The van der Waals surface area contributed by atoms with Crippen LogP contribution in [-0.2, 0) is 4.74 Å². The van der Waals surface area contributed by atoms with Crippen LogP contribution in [0.3, 0.4) is 0 Å². The molecule has 0 spiro atoms. The van der Waals surface area contributed by atoms with Gasteiger partial charge < -0.3 is 15.2 Å². The van der Waals surface area contributed by atoms with Crippen LogP contribution in [-0.4, -0.2) is 62.0 Å². The summed E-state index contributed by atoms with van der Waals surface area (Å²) in [6.45, 7) is 3.12. The van der Waals surface area contributed by atoms with Crippen molar-refractivity contribution in [3.8, 4) is 11.1 Å². The summed E-state index contributed by atoms with van der Waals surface area (Å²) >= 11 is 0. The summed E-state index contributed by atoms with van der Waals surface area (Å²) in [5, 5.41) is 13.0. The molecule has 1 fully saturated rings. The Kier molecular flexibility index (Phi) is 6.92. The lowest BCUT2D eigenvalue weighted by Crippen LogP contribution is -2.38. The van der Waals surface area contributed by atoms with Gasteiger partial charge in [0.25, 0.3) is 5.91 Å². The number of aliphatic hydroxyl groups is 1. The van der Waals surface area contributed by atoms with Crippen molar-refractivity contribution in [3.05, 3.63) is 59.7 Å². The highest BCUT2D eigenvalue weighted by molar-refractivity contribution is 5.95. The molecule has 1 aliphatic heterocycles. The number of amides is 1. The molecule has 1 heterocycles. The zero-order valence-corrected chi connectivity index (χ0v) is 15.2. The standard InChI is InChI=1S/C21H25FN2O3/c22-8-9-23-21(26)19-3-1-2-18(14-19)16-4-6-17(7-5-16)20(25)15-24-10-12-27-13-11-24/h1-7,14,20,25H,8-13,15H2,(H,23,26)/t20-/m0/s1. The van der Waals surface area contributed by atoms with Gasteiger partial charge in [0, 0.05) is 31.7 Å². The molecule has 2 aromatic rings. The van der Waals surface area contributed by atoms with E-state index in [2.05, 4.69) is 10.2 Å². The average molecular weight is 372 g/mol. The third-order valence-corrected chi connectivity index (χ3v) is 4.67. The second-order valence-corrected chi connectivity index (χ2v) is 6.58. The molecule has 1 atom stereocenters. The molecule has 5 nitrogen and oxygen atoms in total. The van der Waals surface area contributed by atoms with E-state index in [9.17, 15) is 14.3 Å². The van der Waals surface area contributed by atoms with Gasteiger partial charge in [-0.15, -0.1) is 0 Å². The van der Waals surface area contributed by atoms with Crippen molar-refractivity contribution in [2.45, 2.75) is 6.10 Å². The molecule has 2 N–H and O–H groups in total. The maximum Gasteiger partial charge on any atom is 0.251 e. The van der Waals surface area contributed by atoms with E-state index in [0.717, 1.165) is 29.8 Å². The summed E-state index contributed by atoms with van der Waals surface area (Å²) in [4.78, 5) is 14.2. The molecule has 0 radical (unpaired) electrons. The summed E-state index contributed by atoms with van der Waals surface area (Å²) in [7, 11) is 0. The predicted octanol–water partition coefficient (Wildman–Crippen LogP) is 2.42. The van der Waals surface area contributed by atoms with Crippen molar-refractivity contribution in [1.29, 1.82) is 0 Å². The van der Waals surface area contributed by atoms with Gasteiger partial charge in [0.1, 0.15) is 6.67 Å². The summed E-state index contributed by atoms with van der Waals surface area (Å²) in [5.74, 6) is -0.285. The molecule has 1 saturated heterocycles. The van der Waals surface area contributed by atoms with Gasteiger partial charge in [-0.25, -0.2) is 4.39 Å². The molecule has 1 amide bonds. The average Bonchev–Trinajstić information content (AvgIpc) is 2.73. The minimum atomic E-state index is -0.584. The first-order valence-electron chi connectivity index (χ1n) is 9.20. The summed E-state index contributed by atoms with van der Waals surface area (Å²) < 4.78 is 17.5. The molecular formula is C21H25FN2O3. The highest BCUT2D eigenvalue weighted by Gasteiger charge is 2.16. The number of morpholine rings is 1. The molecule has 0 unspecified atom stereocenters. The van der Waals surface area contributed by atoms with Crippen LogP contribution >= 0.6 is 0 Å². The molecule has 3 rings (SSSR count). The first kappa shape index (κ1) is 19.5. The minimum absolute atomic E-state index is 0.0127. The predicted molar refractivity (Wildman–Crippen MR) is 102 cm³/mol. The van der Waals surface area contributed by atoms with Crippen LogP contribution in [0.25, 0.3) is 11.1 Å². The van der Waals surface area contributed by atoms with Gasteiger partial charge in [-0.1, -0.05) is 36.4 Å². The number of hydrogen-bond donors (Lipinski definition) is 2. The third kappa shape index (κ3) is 5.35. The van der Waals surface area contributed by atoms with E-state index in [1.807, 2.05) is 30.3 Å². The number of nitrogens with one attached hydrogen (secondary N) is 1. The smallest absolute Gasteiger partial charge is 0.251 e. The fourth-order valence-electron chi connectivity index (χ4n) is 3.13. The van der Waals surface area contributed by atoms with Crippen LogP contribution in [0.15, 0.2) is 48.5 Å². The number of benzene rings is 2. The van der Waals surface area contributed by atoms with Crippen molar-refractivity contribution >= 4 is 5.91 Å². The van der Waals surface area contributed by atoms with E-state index >= 15 is 0 Å². The number of rotatable bonds is 7. The molecule has 0 saturated carbocycles. The van der Waals surface area contributed by atoms with Gasteiger partial charge in [-0.05, 0) is 28.8 Å². The quantitative estimate of drug-likeness (QED) is 0.784. The number of β-amino-alcohol motifs (C(OH)–C–C–N with tert-alkyl or cyclic N) is 1. The van der Waals surface area contributed by atoms with Crippen molar-refractivity contribution in [1.82, 2.24) is 10.2 Å². The normalized spacial score (nSPS) is 16.1. The van der Waals surface area contributed by atoms with Crippen LogP contribution in [0.4, 0.5) is 4.39 Å². The summed E-state index contributed by atoms with van der Waals surface area (Å²) in [6.07, 6.45) is -0.546. The molecule has 6 heteroatoms. The van der Waals surface area contributed by atoms with Gasteiger partial charge >= 0.3 is 0 Å². The van der Waals surface area contributed by atoms with Crippen LogP contribution in [0.2, 0.25) is 0 Å². The third-order valence-electron chi connectivity index (χ3n) is 4.67. The summed E-state index contributed by atoms with van der Waals surface area (Å²) in [6, 6.07) is 14.9. The number of aliphatic hydroxyl groups excluding tert-OH is 1. The number of nitrogens with zero attached hydrogens (tertiary/aromatic N) is 1. The Morgan fingerprint density at radius 2 is 1.89 bits per heavy atom. The topological polar surface area (TPSA) is 61.8 Å². The zero-order chi connectivity index (χ0) is 19.1. The van der Waals surface area contributed by atoms with Crippen LogP contribution < -0.4 is 5.32 Å². The molecule has 1 aliphatic rings. The fraction of sp³-hybridized carbons (Fsp3) is 0.381. The van der Waals surface area contributed by atoms with Crippen molar-refractivity contribution in [3.63, 3.8) is 0 Å². The largest absolute Gasteiger partial charge is 0.387 e. The maximum absolute atomic E-state index is 12.2. The number of halogens is 1. The Morgan fingerprint density at radius 1 is 1.15 bits per heavy atom. The fourth-order valence-corrected chi connectivity index (χ4v) is 3.13. The molecule has 0 bridgehead atoms. The lowest BCUT2D eigenvalue weighted by Gasteiger charge is -2.28. The Hall–Kier alpha value is -2.28. The molecule has 0 aromatic heterocycles. The first-order valence-corrected chi connectivity index (χ1v) is 9.20. The lowest BCUT2D eigenvalue weighted by atomic mass is 10.00. The van der Waals surface area contributed by atoms with Gasteiger partial charge in [-0.2, -0.15) is 0 Å². The van der Waals surface area contributed by atoms with Crippen LogP contribution in [0, 0.1) is 0 Å². The Labute approximate surface area is 158 Å². The van der Waals surface area contributed by atoms with Gasteiger partial charge in [0.05, 0.1) is 19.3 Å². The number of alkyl halides is 1. The molecule has 2 aromatic carbocycles. The van der Waals surface area contributed by atoms with E-state index in [1.165, 1.54) is 0 Å². The lowest BCUT2D eigenvalue weighted by molar-refractivity contribution is 0.0143. The number of carbonyl (C=O) groups is 1. The van der Waals surface area contributed by atoms with E-state index in [4.69, 9.17) is 4.74 Å². The molecule has 27 heavy (non-hydrogen) atoms. The van der Waals surface area contributed by atoms with Crippen molar-refractivity contribution in [2.75, 3.05) is 46.1 Å². The second kappa shape index (κ2) is 9.60. The van der Waals surface area contributed by atoms with Crippen molar-refractivity contribution < 1.29 is 19.0 Å². The van der Waals surface area contributed by atoms with E-state index < -0.39 is 12.8 Å². The van der Waals surface area contributed by atoms with E-state index in [0.29, 0.717) is 25.3 Å². The number of hydrogen-bond acceptors (Lipinski definition) is 4. The highest BCUT2D eigenvalue weighted by atomic mass is 19.1. The Balaban J connectivity index is 1.66. The van der Waals surface area contributed by atoms with E-state index in [-0.39, 0.29) is 12.5 Å². The van der Waals surface area contributed by atoms with Gasteiger partial charge in [-0.3, -0.25) is 9.69 Å².